The predicted octanol–water partition coefficient (Wildman–Crippen LogP) is 6.14. The molecule has 3 atom stereocenters. The molecule has 1 N–H and O–H groups in total. The summed E-state index contributed by atoms with van der Waals surface area (Å²) in [6, 6.07) is 19.5. The molecule has 5 rings (SSSR count). The van der Waals surface area contributed by atoms with Crippen LogP contribution in [0.5, 0.6) is 5.75 Å². The molecule has 3 aromatic rings. The first-order valence-corrected chi connectivity index (χ1v) is 10.3. The van der Waals surface area contributed by atoms with E-state index in [4.69, 9.17) is 4.74 Å². The van der Waals surface area contributed by atoms with Gasteiger partial charge in [0.25, 0.3) is 5.69 Å². The maximum absolute atomic E-state index is 13.8. The molecule has 0 aromatic heterocycles. The summed E-state index contributed by atoms with van der Waals surface area (Å²) in [7, 11) is 0. The van der Waals surface area contributed by atoms with Crippen LogP contribution < -0.4 is 10.1 Å². The Kier molecular flexibility index (Phi) is 4.90. The fraction of sp³-hybridized carbons (Fsp3) is 0.200. The minimum absolute atomic E-state index is 0.0668. The van der Waals surface area contributed by atoms with Crippen LogP contribution in [-0.4, -0.2) is 4.92 Å². The van der Waals surface area contributed by atoms with Crippen LogP contribution in [0.2, 0.25) is 0 Å². The van der Waals surface area contributed by atoms with E-state index in [1.165, 1.54) is 18.2 Å². The van der Waals surface area contributed by atoms with E-state index < -0.39 is 4.92 Å². The molecule has 0 bridgehead atoms. The molecule has 0 radical (unpaired) electrons. The zero-order valence-electron chi connectivity index (χ0n) is 16.7. The van der Waals surface area contributed by atoms with Crippen molar-refractivity contribution < 1.29 is 14.1 Å². The Morgan fingerprint density at radius 2 is 1.84 bits per heavy atom. The molecule has 156 valence electrons. The second kappa shape index (κ2) is 7.87. The molecule has 0 saturated heterocycles. The van der Waals surface area contributed by atoms with Crippen LogP contribution in [0.25, 0.3) is 0 Å². The molecule has 1 heterocycles. The van der Waals surface area contributed by atoms with E-state index in [0.29, 0.717) is 12.5 Å². The number of nitro benzene ring substituents is 1. The third-order valence-corrected chi connectivity index (χ3v) is 6.12. The smallest absolute Gasteiger partial charge is 0.269 e. The molecule has 0 fully saturated rings. The molecule has 31 heavy (non-hydrogen) atoms. The van der Waals surface area contributed by atoms with Crippen molar-refractivity contribution in [1.29, 1.82) is 0 Å². The standard InChI is InChI=1S/C25H21FN2O3/c26-18-8-13-24-23(14-18)21-2-1-3-22(21)25(27-24)17-6-11-20(12-7-17)31-15-16-4-9-19(10-5-16)28(29)30/h1-2,4-14,21-22,25,27H,3,15H2/t21-,22+,25+/m1/s1. The Labute approximate surface area is 179 Å². The van der Waals surface area contributed by atoms with E-state index in [1.54, 1.807) is 18.2 Å². The normalized spacial score (nSPS) is 21.1. The zero-order valence-corrected chi connectivity index (χ0v) is 16.7. The summed E-state index contributed by atoms with van der Waals surface area (Å²) in [6.45, 7) is 0.340. The van der Waals surface area contributed by atoms with Gasteiger partial charge in [0.1, 0.15) is 18.2 Å². The monoisotopic (exact) mass is 416 g/mol. The molecular formula is C25H21FN2O3. The van der Waals surface area contributed by atoms with Gasteiger partial charge in [-0.3, -0.25) is 10.1 Å². The number of nitrogens with zero attached hydrogens (tertiary/aromatic N) is 1. The predicted molar refractivity (Wildman–Crippen MR) is 117 cm³/mol. The number of nitro groups is 1. The Morgan fingerprint density at radius 3 is 2.58 bits per heavy atom. The lowest BCUT2D eigenvalue weighted by atomic mass is 9.77. The third-order valence-electron chi connectivity index (χ3n) is 6.12. The lowest BCUT2D eigenvalue weighted by molar-refractivity contribution is -0.384. The molecule has 1 aliphatic carbocycles. The summed E-state index contributed by atoms with van der Waals surface area (Å²) in [6.07, 6.45) is 5.33. The minimum atomic E-state index is -0.415. The summed E-state index contributed by atoms with van der Waals surface area (Å²) in [5.74, 6) is 1.10. The number of anilines is 1. The Hall–Kier alpha value is -3.67. The molecule has 5 nitrogen and oxygen atoms in total. The van der Waals surface area contributed by atoms with Gasteiger partial charge in [-0.1, -0.05) is 24.3 Å². The van der Waals surface area contributed by atoms with E-state index in [2.05, 4.69) is 29.6 Å². The van der Waals surface area contributed by atoms with Crippen LogP contribution in [0.3, 0.4) is 0 Å². The van der Waals surface area contributed by atoms with Gasteiger partial charge in [0.05, 0.1) is 11.0 Å². The van der Waals surface area contributed by atoms with Crippen LogP contribution >= 0.6 is 0 Å². The molecule has 0 unspecified atom stereocenters. The molecule has 0 amide bonds. The van der Waals surface area contributed by atoms with Crippen molar-refractivity contribution in [2.45, 2.75) is 25.0 Å². The topological polar surface area (TPSA) is 64.4 Å². The highest BCUT2D eigenvalue weighted by Crippen LogP contribution is 2.49. The third kappa shape index (κ3) is 3.77. The van der Waals surface area contributed by atoms with E-state index in [9.17, 15) is 14.5 Å². The number of benzene rings is 3. The molecule has 2 aliphatic rings. The number of nitrogens with one attached hydrogen (secondary N) is 1. The van der Waals surface area contributed by atoms with E-state index in [0.717, 1.165) is 34.5 Å². The number of fused-ring (bicyclic) bond motifs is 3. The molecule has 0 spiro atoms. The van der Waals surface area contributed by atoms with Crippen LogP contribution in [0, 0.1) is 21.8 Å². The van der Waals surface area contributed by atoms with Crippen LogP contribution in [0.1, 0.15) is 35.1 Å². The summed E-state index contributed by atoms with van der Waals surface area (Å²) in [5.41, 5.74) is 4.11. The van der Waals surface area contributed by atoms with Gasteiger partial charge in [0.2, 0.25) is 0 Å². The number of non-ortho nitro benzene ring substituents is 1. The fourth-order valence-electron chi connectivity index (χ4n) is 4.55. The minimum Gasteiger partial charge on any atom is -0.489 e. The van der Waals surface area contributed by atoms with E-state index >= 15 is 0 Å². The number of rotatable bonds is 5. The molecular weight excluding hydrogens is 395 g/mol. The van der Waals surface area contributed by atoms with Crippen molar-refractivity contribution in [3.05, 3.63) is 112 Å². The Bertz CT molecular complexity index is 1140. The highest BCUT2D eigenvalue weighted by atomic mass is 19.1. The quantitative estimate of drug-likeness (QED) is 0.308. The van der Waals surface area contributed by atoms with Gasteiger partial charge >= 0.3 is 0 Å². The van der Waals surface area contributed by atoms with Gasteiger partial charge in [-0.25, -0.2) is 4.39 Å². The lowest BCUT2D eigenvalue weighted by Gasteiger charge is -2.37. The number of hydrogen-bond donors (Lipinski definition) is 1. The van der Waals surface area contributed by atoms with Crippen LogP contribution in [0.15, 0.2) is 78.9 Å². The SMILES string of the molecule is O=[N+]([O-])c1ccc(COc2ccc([C@@H]3Nc4ccc(F)cc4[C@@H]4C=CC[C@@H]43)cc2)cc1. The first-order chi connectivity index (χ1) is 15.1. The number of allylic oxidation sites excluding steroid dienone is 2. The fourth-order valence-corrected chi connectivity index (χ4v) is 4.55. The Morgan fingerprint density at radius 1 is 1.06 bits per heavy atom. The maximum atomic E-state index is 13.8. The van der Waals surface area contributed by atoms with Crippen molar-refractivity contribution in [3.63, 3.8) is 0 Å². The number of hydrogen-bond acceptors (Lipinski definition) is 4. The van der Waals surface area contributed by atoms with Gasteiger partial charge in [0.15, 0.2) is 0 Å². The van der Waals surface area contributed by atoms with Gasteiger partial charge in [-0.15, -0.1) is 0 Å². The molecule has 1 aliphatic heterocycles. The number of ether oxygens (including phenoxy) is 1. The van der Waals surface area contributed by atoms with Gasteiger partial charge in [-0.2, -0.15) is 0 Å². The largest absolute Gasteiger partial charge is 0.489 e. The van der Waals surface area contributed by atoms with Crippen LogP contribution in [0.4, 0.5) is 15.8 Å². The average molecular weight is 416 g/mol. The highest BCUT2D eigenvalue weighted by molar-refractivity contribution is 5.59. The summed E-state index contributed by atoms with van der Waals surface area (Å²) < 4.78 is 19.6. The van der Waals surface area contributed by atoms with Crippen LogP contribution in [-0.2, 0) is 6.61 Å². The molecule has 0 saturated carbocycles. The first kappa shape index (κ1) is 19.3. The van der Waals surface area contributed by atoms with Crippen molar-refractivity contribution in [3.8, 4) is 5.75 Å². The first-order valence-electron chi connectivity index (χ1n) is 10.3. The van der Waals surface area contributed by atoms with Crippen molar-refractivity contribution in [2.75, 3.05) is 5.32 Å². The maximum Gasteiger partial charge on any atom is 0.269 e. The summed E-state index contributed by atoms with van der Waals surface area (Å²) in [5, 5.41) is 14.4. The highest BCUT2D eigenvalue weighted by Gasteiger charge is 2.37. The second-order valence-corrected chi connectivity index (χ2v) is 7.99. The zero-order chi connectivity index (χ0) is 21.4. The number of halogens is 1. The van der Waals surface area contributed by atoms with Gasteiger partial charge < -0.3 is 10.1 Å². The summed E-state index contributed by atoms with van der Waals surface area (Å²) >= 11 is 0. The van der Waals surface area contributed by atoms with Crippen molar-refractivity contribution >= 4 is 11.4 Å². The molecule has 6 heteroatoms. The van der Waals surface area contributed by atoms with E-state index in [1.807, 2.05) is 18.2 Å². The van der Waals surface area contributed by atoms with Gasteiger partial charge in [-0.05, 0) is 71.5 Å². The second-order valence-electron chi connectivity index (χ2n) is 7.99. The average Bonchev–Trinajstić information content (AvgIpc) is 3.28. The van der Waals surface area contributed by atoms with Gasteiger partial charge in [0, 0.05) is 23.7 Å². The Balaban J connectivity index is 1.30. The summed E-state index contributed by atoms with van der Waals surface area (Å²) in [4.78, 5) is 10.3. The van der Waals surface area contributed by atoms with Crippen molar-refractivity contribution in [1.82, 2.24) is 0 Å². The van der Waals surface area contributed by atoms with E-state index in [-0.39, 0.29) is 23.5 Å². The van der Waals surface area contributed by atoms with Crippen molar-refractivity contribution in [2.24, 2.45) is 5.92 Å². The lowest BCUT2D eigenvalue weighted by Crippen LogP contribution is -2.29. The molecule has 3 aromatic carbocycles.